The highest BCUT2D eigenvalue weighted by molar-refractivity contribution is 5.98. The van der Waals surface area contributed by atoms with Crippen molar-refractivity contribution in [3.8, 4) is 0 Å². The number of amides is 6. The number of Topliss-reactive ketones (excluding diaryl/α,β-unsaturated/α-hetero) is 1. The number of carbonyl (C=O) groups excluding carboxylic acids is 7. The average molecular weight is 1090 g/mol. The fourth-order valence-corrected chi connectivity index (χ4v) is 12.0. The standard InChI is InChI=1S/C65H86N8O7/c1-11-39(2)58(75)70-56(64(4,5)6)63(80)73-38-47-34-48(31-30-46(47)35-54(73)61(78)69-52-25-17-21-44-19-13-15-23-50(44)52)67-36-41-26-28-45(29-27-41)55(74)33-42-32-53(60(77)68-51-24-16-20-43-18-12-14-22-49(43)51)72(37-42)62(79)57(65(7,8)9)71-59(76)40(3)66-10/h12-15,18-19,22-23,26-31,34,39-40,42,51-54,56-57,66-67H,11,16-17,20-21,24-25,32-33,35-38H2,1-10H3,(H,68,77)(H,69,78)(H,70,75)(H,71,76)/t39-,40+,42?,51?,52?,53+,54+,56-,57-/m1/s1. The van der Waals surface area contributed by atoms with E-state index in [2.05, 4.69) is 56.2 Å². The van der Waals surface area contributed by atoms with Crippen LogP contribution in [0.4, 0.5) is 5.69 Å². The third-order valence-corrected chi connectivity index (χ3v) is 17.2. The van der Waals surface area contributed by atoms with Crippen LogP contribution in [0, 0.1) is 22.7 Å². The van der Waals surface area contributed by atoms with Gasteiger partial charge in [-0.1, -0.05) is 134 Å². The summed E-state index contributed by atoms with van der Waals surface area (Å²) in [7, 11) is 1.68. The number of rotatable bonds is 18. The highest BCUT2D eigenvalue weighted by atomic mass is 16.2. The summed E-state index contributed by atoms with van der Waals surface area (Å²) < 4.78 is 0. The number of nitrogens with zero attached hydrogens (tertiary/aromatic N) is 2. The van der Waals surface area contributed by atoms with Gasteiger partial charge in [-0.25, -0.2) is 0 Å². The zero-order chi connectivity index (χ0) is 57.6. The van der Waals surface area contributed by atoms with Gasteiger partial charge in [0, 0.05) is 49.6 Å². The molecular formula is C65H86N8O7. The lowest BCUT2D eigenvalue weighted by Crippen LogP contribution is -2.61. The minimum atomic E-state index is -0.913. The van der Waals surface area contributed by atoms with E-state index in [4.69, 9.17) is 0 Å². The summed E-state index contributed by atoms with van der Waals surface area (Å²) in [6.07, 6.45) is 6.76. The van der Waals surface area contributed by atoms with Gasteiger partial charge in [0.25, 0.3) is 0 Å². The number of aryl methyl sites for hydroxylation is 2. The molecule has 4 aromatic carbocycles. The predicted molar refractivity (Wildman–Crippen MR) is 312 cm³/mol. The molecule has 3 unspecified atom stereocenters. The van der Waals surface area contributed by atoms with Crippen LogP contribution in [-0.2, 0) is 61.1 Å². The number of nitrogens with one attached hydrogen (secondary N) is 6. The van der Waals surface area contributed by atoms with Crippen molar-refractivity contribution in [2.45, 2.75) is 182 Å². The van der Waals surface area contributed by atoms with Crippen molar-refractivity contribution in [3.63, 3.8) is 0 Å². The molecule has 15 nitrogen and oxygen atoms in total. The summed E-state index contributed by atoms with van der Waals surface area (Å²) in [5.74, 6) is -2.30. The smallest absolute Gasteiger partial charge is 0.246 e. The molecule has 6 N–H and O–H groups in total. The van der Waals surface area contributed by atoms with E-state index < -0.39 is 41.0 Å². The Bertz CT molecular complexity index is 2930. The molecule has 4 aromatic rings. The largest absolute Gasteiger partial charge is 0.381 e. The van der Waals surface area contributed by atoms with Gasteiger partial charge in [-0.2, -0.15) is 0 Å². The summed E-state index contributed by atoms with van der Waals surface area (Å²) in [5.41, 5.74) is 7.48. The van der Waals surface area contributed by atoms with E-state index in [1.54, 1.807) is 23.8 Å². The van der Waals surface area contributed by atoms with E-state index in [0.29, 0.717) is 31.4 Å². The molecule has 9 atom stereocenters. The molecule has 1 fully saturated rings. The van der Waals surface area contributed by atoms with E-state index >= 15 is 0 Å². The maximum atomic E-state index is 14.9. The van der Waals surface area contributed by atoms with E-state index in [1.165, 1.54) is 11.1 Å². The van der Waals surface area contributed by atoms with Gasteiger partial charge in [0.1, 0.15) is 24.2 Å². The van der Waals surface area contributed by atoms with Gasteiger partial charge in [-0.3, -0.25) is 33.6 Å². The van der Waals surface area contributed by atoms with Crippen molar-refractivity contribution in [3.05, 3.63) is 136 Å². The van der Waals surface area contributed by atoms with Gasteiger partial charge < -0.3 is 41.7 Å². The first-order valence-corrected chi connectivity index (χ1v) is 29.2. The molecule has 0 aromatic heterocycles. The second-order valence-electron chi connectivity index (χ2n) is 25.2. The number of ketones is 1. The van der Waals surface area contributed by atoms with Crippen molar-refractivity contribution in [1.29, 1.82) is 0 Å². The van der Waals surface area contributed by atoms with Crippen LogP contribution in [0.2, 0.25) is 0 Å². The number of anilines is 1. The van der Waals surface area contributed by atoms with Gasteiger partial charge in [0.15, 0.2) is 5.78 Å². The van der Waals surface area contributed by atoms with Gasteiger partial charge >= 0.3 is 0 Å². The second kappa shape index (κ2) is 25.3. The van der Waals surface area contributed by atoms with E-state index in [-0.39, 0.29) is 84.7 Å². The molecule has 2 aliphatic carbocycles. The first-order valence-electron chi connectivity index (χ1n) is 29.2. The first-order chi connectivity index (χ1) is 38.0. The Morgan fingerprint density at radius 2 is 1.19 bits per heavy atom. The molecular weight excluding hydrogens is 1000 g/mol. The van der Waals surface area contributed by atoms with Crippen molar-refractivity contribution in [2.75, 3.05) is 18.9 Å². The Morgan fingerprint density at radius 1 is 0.637 bits per heavy atom. The Morgan fingerprint density at radius 3 is 1.75 bits per heavy atom. The van der Waals surface area contributed by atoms with Gasteiger partial charge in [0.2, 0.25) is 35.4 Å². The average Bonchev–Trinajstić information content (AvgIpc) is 3.88. The van der Waals surface area contributed by atoms with Crippen LogP contribution in [0.5, 0.6) is 0 Å². The molecule has 8 rings (SSSR count). The lowest BCUT2D eigenvalue weighted by molar-refractivity contribution is -0.147. The minimum absolute atomic E-state index is 0.0924. The molecule has 1 saturated heterocycles. The molecule has 2 heterocycles. The first kappa shape index (κ1) is 59.3. The SMILES string of the molecule is CC[C@@H](C)C(=O)N[C@H](C(=O)N1Cc2cc(NCc3ccc(C(=O)CC4C[C@@H](C(=O)NC5CCCc6ccccc65)N(C(=O)[C@@H](NC(=O)[C@H](C)NC)C(C)(C)C)C4)cc3)ccc2C[C@H]1C(=O)NC1CCCc2ccccc21)C(C)(C)C. The number of likely N-dealkylation sites (N-methyl/N-ethyl adjacent to an activating group) is 1. The number of fused-ring (bicyclic) bond motifs is 3. The van der Waals surface area contributed by atoms with Gasteiger partial charge in [-0.15, -0.1) is 0 Å². The maximum absolute atomic E-state index is 14.9. The van der Waals surface area contributed by atoms with Crippen LogP contribution in [-0.4, -0.2) is 94.8 Å². The Kier molecular flexibility index (Phi) is 18.7. The molecule has 80 heavy (non-hydrogen) atoms. The number of hydrogen-bond donors (Lipinski definition) is 6. The monoisotopic (exact) mass is 1090 g/mol. The van der Waals surface area contributed by atoms with E-state index in [1.807, 2.05) is 122 Å². The molecule has 428 valence electrons. The van der Waals surface area contributed by atoms with E-state index in [9.17, 15) is 33.6 Å². The zero-order valence-electron chi connectivity index (χ0n) is 48.8. The summed E-state index contributed by atoms with van der Waals surface area (Å²) in [5, 5.41) is 19.1. The molecule has 2 aliphatic heterocycles. The van der Waals surface area contributed by atoms with Crippen LogP contribution in [0.15, 0.2) is 91.0 Å². The minimum Gasteiger partial charge on any atom is -0.381 e. The van der Waals surface area contributed by atoms with Crippen molar-refractivity contribution < 1.29 is 33.6 Å². The fraction of sp³-hybridized carbons (Fsp3) is 0.523. The second-order valence-corrected chi connectivity index (χ2v) is 25.2. The molecule has 0 saturated carbocycles. The third-order valence-electron chi connectivity index (χ3n) is 17.2. The fourth-order valence-electron chi connectivity index (χ4n) is 12.0. The van der Waals surface area contributed by atoms with Gasteiger partial charge in [-0.05, 0) is 133 Å². The van der Waals surface area contributed by atoms with Crippen molar-refractivity contribution in [1.82, 2.24) is 36.4 Å². The Labute approximate surface area is 473 Å². The Hall–Kier alpha value is -6.87. The maximum Gasteiger partial charge on any atom is 0.246 e. The molecule has 0 radical (unpaired) electrons. The summed E-state index contributed by atoms with van der Waals surface area (Å²) in [6, 6.07) is 25.6. The molecule has 0 spiro atoms. The van der Waals surface area contributed by atoms with Crippen LogP contribution < -0.4 is 31.9 Å². The van der Waals surface area contributed by atoms with Crippen LogP contribution in [0.25, 0.3) is 0 Å². The Balaban J connectivity index is 0.955. The molecule has 4 aliphatic rings. The molecule has 0 bridgehead atoms. The quantitative estimate of drug-likeness (QED) is 0.0530. The highest BCUT2D eigenvalue weighted by Gasteiger charge is 2.47. The number of likely N-dealkylation sites (tertiary alicyclic amines) is 1. The molecule has 15 heteroatoms. The molecule has 6 amide bonds. The summed E-state index contributed by atoms with van der Waals surface area (Å²) >= 11 is 0. The highest BCUT2D eigenvalue weighted by Crippen LogP contribution is 2.36. The van der Waals surface area contributed by atoms with Crippen LogP contribution in [0.3, 0.4) is 0 Å². The normalized spacial score (nSPS) is 21.3. The van der Waals surface area contributed by atoms with Crippen molar-refractivity contribution >= 4 is 46.9 Å². The van der Waals surface area contributed by atoms with Crippen LogP contribution in [0.1, 0.15) is 169 Å². The third kappa shape index (κ3) is 13.8. The topological polar surface area (TPSA) is 198 Å². The zero-order valence-corrected chi connectivity index (χ0v) is 48.8. The van der Waals surface area contributed by atoms with Crippen molar-refractivity contribution in [2.24, 2.45) is 22.7 Å². The summed E-state index contributed by atoms with van der Waals surface area (Å²) in [6.45, 7) is 17.8. The van der Waals surface area contributed by atoms with Gasteiger partial charge in [0.05, 0.1) is 18.1 Å². The number of hydrogen-bond acceptors (Lipinski definition) is 9. The summed E-state index contributed by atoms with van der Waals surface area (Å²) in [4.78, 5) is 103. The predicted octanol–water partition coefficient (Wildman–Crippen LogP) is 8.45. The number of benzene rings is 4. The van der Waals surface area contributed by atoms with E-state index in [0.717, 1.165) is 72.0 Å². The van der Waals surface area contributed by atoms with Crippen LogP contribution >= 0.6 is 0 Å². The lowest BCUT2D eigenvalue weighted by Gasteiger charge is -2.42. The number of carbonyl (C=O) groups is 7. The lowest BCUT2D eigenvalue weighted by atomic mass is 9.83.